The van der Waals surface area contributed by atoms with Gasteiger partial charge in [-0.1, -0.05) is 41.0 Å². The Morgan fingerprint density at radius 1 is 1.17 bits per heavy atom. The number of nitrogens with zero attached hydrogens (tertiary/aromatic N) is 1. The second kappa shape index (κ2) is 8.16. The van der Waals surface area contributed by atoms with E-state index in [2.05, 4.69) is 44.8 Å². The molecule has 0 spiro atoms. The summed E-state index contributed by atoms with van der Waals surface area (Å²) in [4.78, 5) is 2.79. The Kier molecular flexibility index (Phi) is 7.25. The van der Waals surface area contributed by atoms with Crippen LogP contribution in [0, 0.1) is 11.8 Å². The molecule has 1 heterocycles. The maximum Gasteiger partial charge on any atom is 0.0223 e. The van der Waals surface area contributed by atoms with Crippen molar-refractivity contribution in [2.45, 2.75) is 72.4 Å². The Morgan fingerprint density at radius 2 is 1.89 bits per heavy atom. The number of rotatable bonds is 8. The van der Waals surface area contributed by atoms with Crippen LogP contribution in [0.3, 0.4) is 0 Å². The van der Waals surface area contributed by atoms with Gasteiger partial charge in [0, 0.05) is 18.6 Å². The highest BCUT2D eigenvalue weighted by atomic mass is 15.2. The summed E-state index contributed by atoms with van der Waals surface area (Å²) in [6, 6.07) is 1.58. The summed E-state index contributed by atoms with van der Waals surface area (Å²) in [7, 11) is 0. The van der Waals surface area contributed by atoms with Gasteiger partial charge in [0.2, 0.25) is 0 Å². The van der Waals surface area contributed by atoms with Gasteiger partial charge >= 0.3 is 0 Å². The van der Waals surface area contributed by atoms with Crippen molar-refractivity contribution < 1.29 is 0 Å². The molecule has 18 heavy (non-hydrogen) atoms. The van der Waals surface area contributed by atoms with E-state index in [9.17, 15) is 0 Å². The lowest BCUT2D eigenvalue weighted by Crippen LogP contribution is -2.47. The van der Waals surface area contributed by atoms with E-state index >= 15 is 0 Å². The SMILES string of the molecule is CCCC(CNCC(C)C)N1CCCC1C(C)C. The van der Waals surface area contributed by atoms with Crippen LogP contribution in [0.15, 0.2) is 0 Å². The van der Waals surface area contributed by atoms with Gasteiger partial charge in [0.25, 0.3) is 0 Å². The second-order valence-corrected chi connectivity index (χ2v) is 6.69. The van der Waals surface area contributed by atoms with Gasteiger partial charge in [0.1, 0.15) is 0 Å². The number of hydrogen-bond acceptors (Lipinski definition) is 2. The molecule has 2 heteroatoms. The normalized spacial score (nSPS) is 23.2. The van der Waals surface area contributed by atoms with Crippen molar-refractivity contribution in [1.82, 2.24) is 10.2 Å². The summed E-state index contributed by atoms with van der Waals surface area (Å²) in [5, 5.41) is 3.66. The second-order valence-electron chi connectivity index (χ2n) is 6.69. The Morgan fingerprint density at radius 3 is 2.44 bits per heavy atom. The van der Waals surface area contributed by atoms with Crippen LogP contribution in [0.5, 0.6) is 0 Å². The molecule has 2 nitrogen and oxygen atoms in total. The van der Waals surface area contributed by atoms with Crippen molar-refractivity contribution in [1.29, 1.82) is 0 Å². The highest BCUT2D eigenvalue weighted by molar-refractivity contribution is 4.87. The summed E-state index contributed by atoms with van der Waals surface area (Å²) >= 11 is 0. The first-order valence-electron chi connectivity index (χ1n) is 8.02. The van der Waals surface area contributed by atoms with E-state index < -0.39 is 0 Å². The highest BCUT2D eigenvalue weighted by Crippen LogP contribution is 2.27. The van der Waals surface area contributed by atoms with Crippen molar-refractivity contribution in [3.8, 4) is 0 Å². The van der Waals surface area contributed by atoms with E-state index in [4.69, 9.17) is 0 Å². The van der Waals surface area contributed by atoms with Gasteiger partial charge in [-0.15, -0.1) is 0 Å². The molecule has 2 atom stereocenters. The van der Waals surface area contributed by atoms with E-state index in [-0.39, 0.29) is 0 Å². The molecule has 1 N–H and O–H groups in total. The zero-order valence-corrected chi connectivity index (χ0v) is 13.2. The molecule has 1 aliphatic rings. The minimum absolute atomic E-state index is 0.753. The van der Waals surface area contributed by atoms with E-state index in [0.29, 0.717) is 0 Å². The fourth-order valence-corrected chi connectivity index (χ4v) is 3.24. The zero-order chi connectivity index (χ0) is 13.5. The molecule has 0 aromatic heterocycles. The number of likely N-dealkylation sites (tertiary alicyclic amines) is 1. The van der Waals surface area contributed by atoms with Crippen molar-refractivity contribution in [2.24, 2.45) is 11.8 Å². The van der Waals surface area contributed by atoms with Gasteiger partial charge in [-0.05, 0) is 44.2 Å². The smallest absolute Gasteiger partial charge is 0.0223 e. The Hall–Kier alpha value is -0.0800. The third-order valence-corrected chi connectivity index (χ3v) is 4.14. The van der Waals surface area contributed by atoms with Crippen LogP contribution in [0.2, 0.25) is 0 Å². The fourth-order valence-electron chi connectivity index (χ4n) is 3.24. The van der Waals surface area contributed by atoms with Crippen LogP contribution >= 0.6 is 0 Å². The third kappa shape index (κ3) is 4.89. The topological polar surface area (TPSA) is 15.3 Å². The van der Waals surface area contributed by atoms with Crippen molar-refractivity contribution in [3.63, 3.8) is 0 Å². The summed E-state index contributed by atoms with van der Waals surface area (Å²) in [6.07, 6.45) is 5.44. The molecule has 0 bridgehead atoms. The molecule has 1 aliphatic heterocycles. The van der Waals surface area contributed by atoms with Crippen LogP contribution in [-0.4, -0.2) is 36.6 Å². The molecule has 1 rings (SSSR count). The minimum Gasteiger partial charge on any atom is -0.315 e. The average molecular weight is 254 g/mol. The van der Waals surface area contributed by atoms with Crippen LogP contribution < -0.4 is 5.32 Å². The lowest BCUT2D eigenvalue weighted by atomic mass is 9.99. The van der Waals surface area contributed by atoms with E-state index in [0.717, 1.165) is 30.5 Å². The van der Waals surface area contributed by atoms with Gasteiger partial charge in [-0.25, -0.2) is 0 Å². The first-order valence-corrected chi connectivity index (χ1v) is 8.02. The van der Waals surface area contributed by atoms with Gasteiger partial charge < -0.3 is 5.32 Å². The van der Waals surface area contributed by atoms with Crippen molar-refractivity contribution in [3.05, 3.63) is 0 Å². The molecule has 108 valence electrons. The highest BCUT2D eigenvalue weighted by Gasteiger charge is 2.31. The standard InChI is InChI=1S/C16H34N2/c1-6-8-15(12-17-11-13(2)3)18-10-7-9-16(18)14(4)5/h13-17H,6-12H2,1-5H3. The molecule has 0 amide bonds. The predicted molar refractivity (Wildman–Crippen MR) is 81.0 cm³/mol. The molecule has 0 aromatic carbocycles. The molecule has 0 aromatic rings. The van der Waals surface area contributed by atoms with Crippen LogP contribution in [0.25, 0.3) is 0 Å². The predicted octanol–water partition coefficient (Wildman–Crippen LogP) is 3.52. The van der Waals surface area contributed by atoms with E-state index in [1.165, 1.54) is 38.8 Å². The lowest BCUT2D eigenvalue weighted by molar-refractivity contribution is 0.135. The van der Waals surface area contributed by atoms with Crippen molar-refractivity contribution >= 4 is 0 Å². The molecule has 2 unspecified atom stereocenters. The first kappa shape index (κ1) is 16.0. The average Bonchev–Trinajstić information content (AvgIpc) is 2.76. The summed E-state index contributed by atoms with van der Waals surface area (Å²) < 4.78 is 0. The molecule has 0 aliphatic carbocycles. The summed E-state index contributed by atoms with van der Waals surface area (Å²) in [5.41, 5.74) is 0. The third-order valence-electron chi connectivity index (χ3n) is 4.14. The fraction of sp³-hybridized carbons (Fsp3) is 1.00. The molecule has 1 fully saturated rings. The molecular formula is C16H34N2. The van der Waals surface area contributed by atoms with Crippen molar-refractivity contribution in [2.75, 3.05) is 19.6 Å². The Balaban J connectivity index is 2.48. The molecule has 0 saturated carbocycles. The van der Waals surface area contributed by atoms with E-state index in [1.807, 2.05) is 0 Å². The minimum atomic E-state index is 0.753. The molecule has 0 radical (unpaired) electrons. The van der Waals surface area contributed by atoms with Crippen LogP contribution in [-0.2, 0) is 0 Å². The lowest BCUT2D eigenvalue weighted by Gasteiger charge is -2.35. The summed E-state index contributed by atoms with van der Waals surface area (Å²) in [5.74, 6) is 1.56. The number of nitrogens with one attached hydrogen (secondary N) is 1. The summed E-state index contributed by atoms with van der Waals surface area (Å²) in [6.45, 7) is 15.3. The van der Waals surface area contributed by atoms with Gasteiger partial charge in [0.15, 0.2) is 0 Å². The molecular weight excluding hydrogens is 220 g/mol. The number of hydrogen-bond donors (Lipinski definition) is 1. The van der Waals surface area contributed by atoms with Gasteiger partial charge in [-0.3, -0.25) is 4.90 Å². The van der Waals surface area contributed by atoms with E-state index in [1.54, 1.807) is 0 Å². The van der Waals surface area contributed by atoms with Gasteiger partial charge in [0.05, 0.1) is 0 Å². The van der Waals surface area contributed by atoms with Crippen LogP contribution in [0.4, 0.5) is 0 Å². The monoisotopic (exact) mass is 254 g/mol. The Labute approximate surface area is 115 Å². The van der Waals surface area contributed by atoms with Gasteiger partial charge in [-0.2, -0.15) is 0 Å². The molecule has 1 saturated heterocycles. The Bertz CT molecular complexity index is 213. The maximum absolute atomic E-state index is 3.66. The first-order chi connectivity index (χ1) is 8.56. The maximum atomic E-state index is 3.66. The largest absolute Gasteiger partial charge is 0.315 e. The van der Waals surface area contributed by atoms with Crippen LogP contribution in [0.1, 0.15) is 60.3 Å². The quantitative estimate of drug-likeness (QED) is 0.713. The zero-order valence-electron chi connectivity index (χ0n) is 13.2.